The smallest absolute Gasteiger partial charge is 0.317 e. The van der Waals surface area contributed by atoms with E-state index < -0.39 is 17.8 Å². The fraction of sp³-hybridized carbons (Fsp3) is 0.250. The summed E-state index contributed by atoms with van der Waals surface area (Å²) in [4.78, 5) is 39.7. The van der Waals surface area contributed by atoms with Gasteiger partial charge in [0.25, 0.3) is 11.8 Å². The maximum absolute atomic E-state index is 13.4. The van der Waals surface area contributed by atoms with Crippen molar-refractivity contribution in [3.63, 3.8) is 0 Å². The van der Waals surface area contributed by atoms with Gasteiger partial charge in [-0.3, -0.25) is 14.9 Å². The van der Waals surface area contributed by atoms with Gasteiger partial charge < -0.3 is 4.57 Å². The van der Waals surface area contributed by atoms with Crippen molar-refractivity contribution in [1.82, 2.24) is 9.88 Å². The Morgan fingerprint density at radius 3 is 1.88 bits per heavy atom. The lowest BCUT2D eigenvalue weighted by Gasteiger charge is -2.27. The number of urea groups is 1. The Bertz CT molecular complexity index is 1370. The number of carbonyl (C=O) groups excluding carboxylic acids is 3. The highest BCUT2D eigenvalue weighted by molar-refractivity contribution is 6.39. The van der Waals surface area contributed by atoms with Crippen LogP contribution in [0.25, 0.3) is 11.8 Å². The molecule has 174 valence electrons. The topological polar surface area (TPSA) is 71.4 Å². The molecule has 2 aromatic carbocycles. The fourth-order valence-corrected chi connectivity index (χ4v) is 4.93. The van der Waals surface area contributed by atoms with Gasteiger partial charge in [-0.05, 0) is 101 Å². The van der Waals surface area contributed by atoms with Crippen LogP contribution in [0.2, 0.25) is 0 Å². The van der Waals surface area contributed by atoms with E-state index in [9.17, 15) is 14.4 Å². The molecule has 1 aliphatic heterocycles. The van der Waals surface area contributed by atoms with Crippen LogP contribution in [0.5, 0.6) is 0 Å². The highest BCUT2D eigenvalue weighted by Gasteiger charge is 2.37. The number of nitrogens with zero attached hydrogens (tertiary/aromatic N) is 2. The number of carbonyl (C=O) groups is 3. The Hall–Kier alpha value is -3.93. The van der Waals surface area contributed by atoms with Gasteiger partial charge in [0.2, 0.25) is 0 Å². The highest BCUT2D eigenvalue weighted by Crippen LogP contribution is 2.29. The number of aryl methyl sites for hydroxylation is 6. The lowest BCUT2D eigenvalue weighted by Crippen LogP contribution is -2.54. The van der Waals surface area contributed by atoms with Crippen molar-refractivity contribution in [1.29, 1.82) is 0 Å². The maximum Gasteiger partial charge on any atom is 0.335 e. The van der Waals surface area contributed by atoms with Crippen LogP contribution in [0.3, 0.4) is 0 Å². The molecular weight excluding hydrogens is 426 g/mol. The number of nitrogens with one attached hydrogen (secondary N) is 1. The normalized spacial score (nSPS) is 15.3. The molecule has 1 saturated heterocycles. The van der Waals surface area contributed by atoms with Crippen molar-refractivity contribution in [2.75, 3.05) is 4.90 Å². The van der Waals surface area contributed by atoms with Crippen molar-refractivity contribution in [2.45, 2.75) is 48.5 Å². The molecule has 1 fully saturated rings. The molecular formula is C28H29N3O3. The second-order valence-corrected chi connectivity index (χ2v) is 9.21. The summed E-state index contributed by atoms with van der Waals surface area (Å²) in [5.41, 5.74) is 9.46. The third-order valence-corrected chi connectivity index (χ3v) is 6.20. The fourth-order valence-electron chi connectivity index (χ4n) is 4.93. The van der Waals surface area contributed by atoms with Crippen LogP contribution in [0.4, 0.5) is 10.5 Å². The van der Waals surface area contributed by atoms with E-state index in [-0.39, 0.29) is 5.57 Å². The standard InChI is InChI=1S/C28H29N3O3/c1-15-8-16(2)12-23(11-15)31-27(33)24(26(32)29-28(31)34)14-22-13-20(6)30(21(22)7)25-18(4)9-17(3)10-19(25)5/h8-14H,1-7H3,(H,29,32,34)/b24-14+. The minimum atomic E-state index is -0.742. The first-order chi connectivity index (χ1) is 16.0. The second kappa shape index (κ2) is 8.45. The van der Waals surface area contributed by atoms with Crippen LogP contribution < -0.4 is 10.2 Å². The van der Waals surface area contributed by atoms with Crippen LogP contribution >= 0.6 is 0 Å². The zero-order valence-electron chi connectivity index (χ0n) is 20.7. The van der Waals surface area contributed by atoms with E-state index in [0.717, 1.165) is 49.8 Å². The van der Waals surface area contributed by atoms with Gasteiger partial charge in [-0.2, -0.15) is 0 Å². The number of rotatable bonds is 3. The zero-order chi connectivity index (χ0) is 24.9. The second-order valence-electron chi connectivity index (χ2n) is 9.21. The van der Waals surface area contributed by atoms with Crippen LogP contribution in [-0.4, -0.2) is 22.4 Å². The number of benzene rings is 2. The van der Waals surface area contributed by atoms with Gasteiger partial charge >= 0.3 is 6.03 Å². The van der Waals surface area contributed by atoms with Gasteiger partial charge in [-0.25, -0.2) is 9.69 Å². The molecule has 1 aliphatic rings. The molecule has 1 aromatic heterocycles. The van der Waals surface area contributed by atoms with E-state index in [1.165, 1.54) is 5.56 Å². The molecule has 3 aromatic rings. The van der Waals surface area contributed by atoms with Gasteiger partial charge in [0.05, 0.1) is 11.4 Å². The summed E-state index contributed by atoms with van der Waals surface area (Å²) >= 11 is 0. The number of anilines is 1. The Kier molecular flexibility index (Phi) is 5.77. The Balaban J connectivity index is 1.81. The summed E-state index contributed by atoms with van der Waals surface area (Å²) in [5, 5.41) is 2.32. The van der Waals surface area contributed by atoms with Crippen LogP contribution in [0.1, 0.15) is 44.8 Å². The number of aromatic nitrogens is 1. The van der Waals surface area contributed by atoms with Gasteiger partial charge in [-0.1, -0.05) is 23.8 Å². The van der Waals surface area contributed by atoms with Crippen molar-refractivity contribution in [3.05, 3.63) is 86.7 Å². The first-order valence-electron chi connectivity index (χ1n) is 11.2. The minimum Gasteiger partial charge on any atom is -0.317 e. The predicted molar refractivity (Wildman–Crippen MR) is 134 cm³/mol. The highest BCUT2D eigenvalue weighted by atomic mass is 16.2. The quantitative estimate of drug-likeness (QED) is 0.430. The lowest BCUT2D eigenvalue weighted by atomic mass is 10.0. The van der Waals surface area contributed by atoms with Crippen molar-refractivity contribution in [3.8, 4) is 5.69 Å². The minimum absolute atomic E-state index is 0.0728. The third-order valence-electron chi connectivity index (χ3n) is 6.20. The third kappa shape index (κ3) is 3.96. The van der Waals surface area contributed by atoms with E-state index in [1.807, 2.05) is 39.8 Å². The van der Waals surface area contributed by atoms with Crippen LogP contribution in [-0.2, 0) is 9.59 Å². The largest absolute Gasteiger partial charge is 0.335 e. The summed E-state index contributed by atoms with van der Waals surface area (Å²) in [5.74, 6) is -1.32. The van der Waals surface area contributed by atoms with E-state index >= 15 is 0 Å². The van der Waals surface area contributed by atoms with E-state index in [2.05, 4.69) is 42.8 Å². The molecule has 0 aliphatic carbocycles. The molecule has 2 heterocycles. The molecule has 0 atom stereocenters. The number of hydrogen-bond donors (Lipinski definition) is 1. The SMILES string of the molecule is Cc1cc(C)cc(N2C(=O)NC(=O)/C(=C\c3cc(C)n(-c4c(C)cc(C)cc4C)c3C)C2=O)c1. The molecule has 6 heteroatoms. The van der Waals surface area contributed by atoms with Crippen LogP contribution in [0.15, 0.2) is 42.0 Å². The maximum atomic E-state index is 13.4. The Morgan fingerprint density at radius 1 is 0.735 bits per heavy atom. The number of amides is 4. The van der Waals surface area contributed by atoms with Gasteiger partial charge in [0.15, 0.2) is 0 Å². The monoisotopic (exact) mass is 455 g/mol. The molecule has 0 saturated carbocycles. The summed E-state index contributed by atoms with van der Waals surface area (Å²) in [6.45, 7) is 14.0. The molecule has 0 unspecified atom stereocenters. The van der Waals surface area contributed by atoms with Gasteiger partial charge in [0.1, 0.15) is 5.57 Å². The first kappa shape index (κ1) is 23.2. The molecule has 34 heavy (non-hydrogen) atoms. The Morgan fingerprint density at radius 2 is 1.29 bits per heavy atom. The first-order valence-corrected chi connectivity index (χ1v) is 11.2. The molecule has 0 bridgehead atoms. The predicted octanol–water partition coefficient (Wildman–Crippen LogP) is 5.30. The molecule has 1 N–H and O–H groups in total. The van der Waals surface area contributed by atoms with E-state index in [1.54, 1.807) is 18.2 Å². The van der Waals surface area contributed by atoms with Crippen molar-refractivity contribution >= 4 is 29.6 Å². The summed E-state index contributed by atoms with van der Waals surface area (Å²) in [6.07, 6.45) is 1.58. The number of hydrogen-bond acceptors (Lipinski definition) is 3. The van der Waals surface area contributed by atoms with E-state index in [0.29, 0.717) is 5.69 Å². The van der Waals surface area contributed by atoms with Gasteiger partial charge in [-0.15, -0.1) is 0 Å². The average molecular weight is 456 g/mol. The van der Waals surface area contributed by atoms with Gasteiger partial charge in [0, 0.05) is 11.4 Å². The van der Waals surface area contributed by atoms with Crippen molar-refractivity contribution < 1.29 is 14.4 Å². The molecule has 6 nitrogen and oxygen atoms in total. The van der Waals surface area contributed by atoms with E-state index in [4.69, 9.17) is 0 Å². The number of barbiturate groups is 1. The Labute approximate surface area is 199 Å². The summed E-state index contributed by atoms with van der Waals surface area (Å²) in [6, 6.07) is 11.0. The summed E-state index contributed by atoms with van der Waals surface area (Å²) < 4.78 is 2.15. The zero-order valence-corrected chi connectivity index (χ0v) is 20.7. The molecule has 0 spiro atoms. The average Bonchev–Trinajstić information content (AvgIpc) is 2.97. The summed E-state index contributed by atoms with van der Waals surface area (Å²) in [7, 11) is 0. The molecule has 4 rings (SSSR count). The molecule has 4 amide bonds. The van der Waals surface area contributed by atoms with Crippen molar-refractivity contribution in [2.24, 2.45) is 0 Å². The number of imide groups is 2. The van der Waals surface area contributed by atoms with Crippen LogP contribution in [0, 0.1) is 48.5 Å². The lowest BCUT2D eigenvalue weighted by molar-refractivity contribution is -0.122. The molecule has 0 radical (unpaired) electrons.